The van der Waals surface area contributed by atoms with Gasteiger partial charge in [-0.25, -0.2) is 4.79 Å². The van der Waals surface area contributed by atoms with Crippen molar-refractivity contribution in [3.05, 3.63) is 65.7 Å². The summed E-state index contributed by atoms with van der Waals surface area (Å²) in [6, 6.07) is 16.5. The highest BCUT2D eigenvalue weighted by atomic mass is 16.5. The van der Waals surface area contributed by atoms with Crippen LogP contribution in [0.25, 0.3) is 0 Å². The smallest absolute Gasteiger partial charge is 0.411 e. The summed E-state index contributed by atoms with van der Waals surface area (Å²) in [6.45, 7) is 0.182. The van der Waals surface area contributed by atoms with Gasteiger partial charge in [0, 0.05) is 11.7 Å². The molecule has 0 radical (unpaired) electrons. The Morgan fingerprint density at radius 1 is 1.09 bits per heavy atom. The first kappa shape index (κ1) is 16.0. The number of nitrogens with two attached hydrogens (primary N) is 1. The first-order chi connectivity index (χ1) is 10.7. The van der Waals surface area contributed by atoms with Crippen LogP contribution in [0, 0.1) is 0 Å². The number of aliphatic hydroxyl groups excluding tert-OH is 1. The number of rotatable bonds is 6. The van der Waals surface area contributed by atoms with Gasteiger partial charge in [-0.1, -0.05) is 42.5 Å². The molecule has 0 saturated heterocycles. The summed E-state index contributed by atoms with van der Waals surface area (Å²) < 4.78 is 5.14. The summed E-state index contributed by atoms with van der Waals surface area (Å²) in [5.41, 5.74) is 8.27. The Balaban J connectivity index is 1.81. The summed E-state index contributed by atoms with van der Waals surface area (Å²) in [7, 11) is 0. The highest BCUT2D eigenvalue weighted by Gasteiger charge is 2.05. The number of ether oxygens (including phenoxy) is 1. The maximum Gasteiger partial charge on any atom is 0.411 e. The van der Waals surface area contributed by atoms with Crippen molar-refractivity contribution in [2.24, 2.45) is 5.73 Å². The van der Waals surface area contributed by atoms with Crippen LogP contribution in [0.5, 0.6) is 0 Å². The van der Waals surface area contributed by atoms with Crippen LogP contribution in [0.15, 0.2) is 54.6 Å². The first-order valence-electron chi connectivity index (χ1n) is 7.10. The molecule has 0 aliphatic carbocycles. The molecule has 0 spiro atoms. The minimum absolute atomic E-state index is 0.0498. The lowest BCUT2D eigenvalue weighted by atomic mass is 10.1. The quantitative estimate of drug-likeness (QED) is 0.764. The van der Waals surface area contributed by atoms with E-state index in [0.29, 0.717) is 12.1 Å². The third kappa shape index (κ3) is 5.20. The number of carbonyl (C=O) groups excluding carboxylic acids is 1. The lowest BCUT2D eigenvalue weighted by molar-refractivity contribution is 0.155. The van der Waals surface area contributed by atoms with Gasteiger partial charge < -0.3 is 15.6 Å². The Hall–Kier alpha value is -2.37. The lowest BCUT2D eigenvalue weighted by Crippen LogP contribution is -2.26. The molecule has 0 aromatic heterocycles. The van der Waals surface area contributed by atoms with E-state index in [1.807, 2.05) is 42.5 Å². The minimum Gasteiger partial charge on any atom is -0.444 e. The molecule has 0 aliphatic rings. The van der Waals surface area contributed by atoms with Gasteiger partial charge in [-0.2, -0.15) is 0 Å². The molecule has 2 aromatic rings. The SMILES string of the molecule is NC(CO)Cc1ccc(NC(=O)OCc2ccccc2)cc1. The fourth-order valence-corrected chi connectivity index (χ4v) is 1.97. The fourth-order valence-electron chi connectivity index (χ4n) is 1.97. The Kier molecular flexibility index (Phi) is 5.94. The normalized spacial score (nSPS) is 11.7. The number of hydrogen-bond acceptors (Lipinski definition) is 4. The van der Waals surface area contributed by atoms with Crippen molar-refractivity contribution >= 4 is 11.8 Å². The lowest BCUT2D eigenvalue weighted by Gasteiger charge is -2.10. The number of aliphatic hydroxyl groups is 1. The van der Waals surface area contributed by atoms with E-state index in [1.165, 1.54) is 0 Å². The number of anilines is 1. The molecule has 0 saturated carbocycles. The number of hydrogen-bond donors (Lipinski definition) is 3. The van der Waals surface area contributed by atoms with Gasteiger partial charge >= 0.3 is 6.09 Å². The summed E-state index contributed by atoms with van der Waals surface area (Å²) in [4.78, 5) is 11.7. The molecule has 2 aromatic carbocycles. The van der Waals surface area contributed by atoms with Crippen LogP contribution in [-0.2, 0) is 17.8 Å². The Morgan fingerprint density at radius 2 is 1.77 bits per heavy atom. The number of benzene rings is 2. The van der Waals surface area contributed by atoms with Gasteiger partial charge in [0.05, 0.1) is 6.61 Å². The van der Waals surface area contributed by atoms with E-state index in [1.54, 1.807) is 12.1 Å². The molecule has 5 nitrogen and oxygen atoms in total. The summed E-state index contributed by atoms with van der Waals surface area (Å²) >= 11 is 0. The van der Waals surface area contributed by atoms with Gasteiger partial charge in [0.2, 0.25) is 0 Å². The molecule has 4 N–H and O–H groups in total. The van der Waals surface area contributed by atoms with Gasteiger partial charge in [-0.05, 0) is 29.7 Å². The number of carbonyl (C=O) groups is 1. The van der Waals surface area contributed by atoms with Crippen LogP contribution < -0.4 is 11.1 Å². The van der Waals surface area contributed by atoms with Crippen molar-refractivity contribution in [2.45, 2.75) is 19.1 Å². The fraction of sp³-hybridized carbons (Fsp3) is 0.235. The highest BCUT2D eigenvalue weighted by molar-refractivity contribution is 5.84. The van der Waals surface area contributed by atoms with Crippen LogP contribution >= 0.6 is 0 Å². The molecule has 116 valence electrons. The van der Waals surface area contributed by atoms with E-state index >= 15 is 0 Å². The molecule has 0 aliphatic heterocycles. The first-order valence-corrected chi connectivity index (χ1v) is 7.10. The minimum atomic E-state index is -0.497. The third-order valence-corrected chi connectivity index (χ3v) is 3.15. The molecule has 1 amide bonds. The molecule has 0 bridgehead atoms. The zero-order chi connectivity index (χ0) is 15.8. The second kappa shape index (κ2) is 8.17. The van der Waals surface area contributed by atoms with Gasteiger partial charge in [0.25, 0.3) is 0 Å². The predicted molar refractivity (Wildman–Crippen MR) is 85.5 cm³/mol. The molecule has 22 heavy (non-hydrogen) atoms. The maximum atomic E-state index is 11.7. The van der Waals surface area contributed by atoms with E-state index in [-0.39, 0.29) is 19.3 Å². The van der Waals surface area contributed by atoms with Crippen LogP contribution in [0.1, 0.15) is 11.1 Å². The zero-order valence-corrected chi connectivity index (χ0v) is 12.2. The standard InChI is InChI=1S/C17H20N2O3/c18-15(11-20)10-13-6-8-16(9-7-13)19-17(21)22-12-14-4-2-1-3-5-14/h1-9,15,20H,10-12,18H2,(H,19,21). The largest absolute Gasteiger partial charge is 0.444 e. The molecular weight excluding hydrogens is 280 g/mol. The Bertz CT molecular complexity index is 585. The Morgan fingerprint density at radius 3 is 2.41 bits per heavy atom. The average molecular weight is 300 g/mol. The van der Waals surface area contributed by atoms with Crippen molar-refractivity contribution in [3.8, 4) is 0 Å². The second-order valence-electron chi connectivity index (χ2n) is 5.03. The van der Waals surface area contributed by atoms with Crippen molar-refractivity contribution in [3.63, 3.8) is 0 Å². The van der Waals surface area contributed by atoms with Crippen molar-refractivity contribution in [2.75, 3.05) is 11.9 Å². The van der Waals surface area contributed by atoms with Gasteiger partial charge in [-0.15, -0.1) is 0 Å². The predicted octanol–water partition coefficient (Wildman–Crippen LogP) is 2.30. The van der Waals surface area contributed by atoms with E-state index < -0.39 is 6.09 Å². The Labute approximate surface area is 129 Å². The van der Waals surface area contributed by atoms with Gasteiger partial charge in [-0.3, -0.25) is 5.32 Å². The zero-order valence-electron chi connectivity index (χ0n) is 12.2. The molecule has 0 heterocycles. The van der Waals surface area contributed by atoms with E-state index in [9.17, 15) is 4.79 Å². The third-order valence-electron chi connectivity index (χ3n) is 3.15. The van der Waals surface area contributed by atoms with Crippen molar-refractivity contribution < 1.29 is 14.6 Å². The van der Waals surface area contributed by atoms with Crippen LogP contribution in [-0.4, -0.2) is 23.8 Å². The summed E-state index contributed by atoms with van der Waals surface area (Å²) in [5.74, 6) is 0. The number of amides is 1. The summed E-state index contributed by atoms with van der Waals surface area (Å²) in [5, 5.41) is 11.6. The van der Waals surface area contributed by atoms with Crippen molar-refractivity contribution in [1.82, 2.24) is 0 Å². The van der Waals surface area contributed by atoms with E-state index in [4.69, 9.17) is 15.6 Å². The molecule has 1 atom stereocenters. The van der Waals surface area contributed by atoms with E-state index in [2.05, 4.69) is 5.32 Å². The second-order valence-corrected chi connectivity index (χ2v) is 5.03. The van der Waals surface area contributed by atoms with Crippen molar-refractivity contribution in [1.29, 1.82) is 0 Å². The number of nitrogens with one attached hydrogen (secondary N) is 1. The highest BCUT2D eigenvalue weighted by Crippen LogP contribution is 2.11. The summed E-state index contributed by atoms with van der Waals surface area (Å²) in [6.07, 6.45) is 0.0959. The van der Waals surface area contributed by atoms with Gasteiger partial charge in [0.1, 0.15) is 6.61 Å². The monoisotopic (exact) mass is 300 g/mol. The average Bonchev–Trinajstić information content (AvgIpc) is 2.55. The van der Waals surface area contributed by atoms with Crippen LogP contribution in [0.2, 0.25) is 0 Å². The molecule has 2 rings (SSSR count). The van der Waals surface area contributed by atoms with Gasteiger partial charge in [0.15, 0.2) is 0 Å². The topological polar surface area (TPSA) is 84.6 Å². The molecule has 1 unspecified atom stereocenters. The van der Waals surface area contributed by atoms with Crippen LogP contribution in [0.4, 0.5) is 10.5 Å². The van der Waals surface area contributed by atoms with Crippen LogP contribution in [0.3, 0.4) is 0 Å². The van der Waals surface area contributed by atoms with E-state index in [0.717, 1.165) is 11.1 Å². The molecule has 0 fully saturated rings. The molecule has 5 heteroatoms. The molecular formula is C17H20N2O3. The maximum absolute atomic E-state index is 11.7.